The van der Waals surface area contributed by atoms with Crippen molar-refractivity contribution in [2.45, 2.75) is 58.6 Å². The van der Waals surface area contributed by atoms with Gasteiger partial charge in [0.1, 0.15) is 0 Å². The highest BCUT2D eigenvalue weighted by Crippen LogP contribution is 2.15. The molecule has 1 aliphatic rings. The van der Waals surface area contributed by atoms with Gasteiger partial charge in [-0.25, -0.2) is 0 Å². The van der Waals surface area contributed by atoms with E-state index in [0.29, 0.717) is 19.1 Å². The Labute approximate surface area is 111 Å². The average molecular weight is 256 g/mol. The van der Waals surface area contributed by atoms with Crippen molar-refractivity contribution >= 4 is 5.91 Å². The monoisotopic (exact) mass is 256 g/mol. The summed E-state index contributed by atoms with van der Waals surface area (Å²) >= 11 is 0. The van der Waals surface area contributed by atoms with Crippen molar-refractivity contribution in [2.75, 3.05) is 26.2 Å². The van der Waals surface area contributed by atoms with Gasteiger partial charge in [-0.3, -0.25) is 9.69 Å². The summed E-state index contributed by atoms with van der Waals surface area (Å²) < 4.78 is 5.43. The Bertz CT molecular complexity index is 244. The summed E-state index contributed by atoms with van der Waals surface area (Å²) in [6, 6.07) is 0.550. The zero-order chi connectivity index (χ0) is 13.4. The summed E-state index contributed by atoms with van der Waals surface area (Å²) in [4.78, 5) is 14.0. The molecule has 0 radical (unpaired) electrons. The Hall–Kier alpha value is -0.610. The number of nitrogens with zero attached hydrogens (tertiary/aromatic N) is 1. The van der Waals surface area contributed by atoms with E-state index in [2.05, 4.69) is 17.1 Å². The number of nitrogens with one attached hydrogen (secondary N) is 1. The largest absolute Gasteiger partial charge is 0.379 e. The quantitative estimate of drug-likeness (QED) is 0.706. The van der Waals surface area contributed by atoms with Crippen LogP contribution in [0, 0.1) is 0 Å². The smallest absolute Gasteiger partial charge is 0.234 e. The van der Waals surface area contributed by atoms with Crippen LogP contribution in [-0.4, -0.2) is 49.2 Å². The third-order valence-electron chi connectivity index (χ3n) is 3.38. The van der Waals surface area contributed by atoms with Gasteiger partial charge in [-0.1, -0.05) is 6.42 Å². The normalized spacial score (nSPS) is 21.2. The maximum Gasteiger partial charge on any atom is 0.234 e. The Morgan fingerprint density at radius 1 is 1.44 bits per heavy atom. The molecule has 0 bridgehead atoms. The van der Waals surface area contributed by atoms with Crippen molar-refractivity contribution in [1.29, 1.82) is 0 Å². The fraction of sp³-hybridized carbons (Fsp3) is 0.929. The van der Waals surface area contributed by atoms with Crippen LogP contribution < -0.4 is 5.32 Å². The van der Waals surface area contributed by atoms with E-state index in [0.717, 1.165) is 19.6 Å². The van der Waals surface area contributed by atoms with E-state index < -0.39 is 0 Å². The topological polar surface area (TPSA) is 41.6 Å². The third-order valence-corrected chi connectivity index (χ3v) is 3.38. The van der Waals surface area contributed by atoms with Crippen LogP contribution in [0.2, 0.25) is 0 Å². The summed E-state index contributed by atoms with van der Waals surface area (Å²) in [5.74, 6) is 0.147. The van der Waals surface area contributed by atoms with Gasteiger partial charge < -0.3 is 10.1 Å². The molecule has 106 valence electrons. The second-order valence-corrected chi connectivity index (χ2v) is 5.44. The molecule has 1 atom stereocenters. The number of likely N-dealkylation sites (tertiary alicyclic amines) is 1. The first-order valence-corrected chi connectivity index (χ1v) is 7.22. The second kappa shape index (κ2) is 8.48. The molecular weight excluding hydrogens is 228 g/mol. The van der Waals surface area contributed by atoms with Gasteiger partial charge in [-0.05, 0) is 46.6 Å². The molecule has 4 heteroatoms. The SMILES string of the molecule is CC(C)OCCCNC(=O)CN1CCCC[C@@H]1C. The van der Waals surface area contributed by atoms with Gasteiger partial charge >= 0.3 is 0 Å². The average Bonchev–Trinajstić information content (AvgIpc) is 2.31. The molecule has 0 aromatic carbocycles. The van der Waals surface area contributed by atoms with E-state index in [1.54, 1.807) is 0 Å². The van der Waals surface area contributed by atoms with E-state index in [4.69, 9.17) is 4.74 Å². The maximum atomic E-state index is 11.8. The minimum absolute atomic E-state index is 0.147. The molecule has 1 heterocycles. The summed E-state index contributed by atoms with van der Waals surface area (Å²) in [5.41, 5.74) is 0. The lowest BCUT2D eigenvalue weighted by atomic mass is 10.0. The van der Waals surface area contributed by atoms with Crippen LogP contribution in [0.5, 0.6) is 0 Å². The van der Waals surface area contributed by atoms with Gasteiger partial charge in [-0.2, -0.15) is 0 Å². The summed E-state index contributed by atoms with van der Waals surface area (Å²) in [6.07, 6.45) is 4.90. The molecule has 0 spiro atoms. The lowest BCUT2D eigenvalue weighted by molar-refractivity contribution is -0.123. The second-order valence-electron chi connectivity index (χ2n) is 5.44. The van der Waals surface area contributed by atoms with Gasteiger partial charge in [0, 0.05) is 19.2 Å². The minimum atomic E-state index is 0.147. The van der Waals surface area contributed by atoms with Gasteiger partial charge in [0.25, 0.3) is 0 Å². The summed E-state index contributed by atoms with van der Waals surface area (Å²) in [5, 5.41) is 2.96. The lowest BCUT2D eigenvalue weighted by Crippen LogP contribution is -2.44. The molecule has 1 rings (SSSR count). The molecule has 18 heavy (non-hydrogen) atoms. The van der Waals surface area contributed by atoms with Crippen LogP contribution in [0.15, 0.2) is 0 Å². The first kappa shape index (κ1) is 15.4. The van der Waals surface area contributed by atoms with E-state index >= 15 is 0 Å². The molecule has 0 unspecified atom stereocenters. The van der Waals surface area contributed by atoms with Gasteiger partial charge in [0.05, 0.1) is 12.6 Å². The molecule has 0 saturated carbocycles. The number of hydrogen-bond donors (Lipinski definition) is 1. The summed E-state index contributed by atoms with van der Waals surface area (Å²) in [7, 11) is 0. The number of carbonyl (C=O) groups excluding carboxylic acids is 1. The van der Waals surface area contributed by atoms with Gasteiger partial charge in [0.15, 0.2) is 0 Å². The van der Waals surface area contributed by atoms with Crippen LogP contribution in [-0.2, 0) is 9.53 Å². The van der Waals surface area contributed by atoms with Crippen molar-refractivity contribution < 1.29 is 9.53 Å². The third kappa shape index (κ3) is 6.36. The van der Waals surface area contributed by atoms with E-state index in [-0.39, 0.29) is 12.0 Å². The van der Waals surface area contributed by atoms with Crippen molar-refractivity contribution in [1.82, 2.24) is 10.2 Å². The Kier molecular flexibility index (Phi) is 7.28. The molecule has 1 fully saturated rings. The first-order chi connectivity index (χ1) is 8.59. The number of carbonyl (C=O) groups is 1. The number of rotatable bonds is 7. The highest BCUT2D eigenvalue weighted by atomic mass is 16.5. The number of piperidine rings is 1. The highest BCUT2D eigenvalue weighted by Gasteiger charge is 2.19. The Morgan fingerprint density at radius 3 is 2.89 bits per heavy atom. The Balaban J connectivity index is 2.06. The van der Waals surface area contributed by atoms with Gasteiger partial charge in [-0.15, -0.1) is 0 Å². The molecule has 1 amide bonds. The first-order valence-electron chi connectivity index (χ1n) is 7.22. The van der Waals surface area contributed by atoms with E-state index in [1.807, 2.05) is 13.8 Å². The van der Waals surface area contributed by atoms with Crippen molar-refractivity contribution in [3.8, 4) is 0 Å². The maximum absolute atomic E-state index is 11.8. The Morgan fingerprint density at radius 2 is 2.22 bits per heavy atom. The minimum Gasteiger partial charge on any atom is -0.379 e. The van der Waals surface area contributed by atoms with Crippen molar-refractivity contribution in [3.63, 3.8) is 0 Å². The molecule has 4 nitrogen and oxygen atoms in total. The highest BCUT2D eigenvalue weighted by molar-refractivity contribution is 5.78. The zero-order valence-electron chi connectivity index (χ0n) is 12.1. The number of amides is 1. The molecule has 1 N–H and O–H groups in total. The zero-order valence-corrected chi connectivity index (χ0v) is 12.1. The standard InChI is InChI=1S/C14H28N2O2/c1-12(2)18-10-6-8-15-14(17)11-16-9-5-4-7-13(16)3/h12-13H,4-11H2,1-3H3,(H,15,17)/t13-/m0/s1. The predicted octanol–water partition coefficient (Wildman–Crippen LogP) is 1.79. The molecule has 0 aromatic heterocycles. The van der Waals surface area contributed by atoms with Crippen LogP contribution in [0.4, 0.5) is 0 Å². The van der Waals surface area contributed by atoms with E-state index in [1.165, 1.54) is 19.3 Å². The summed E-state index contributed by atoms with van der Waals surface area (Å²) in [6.45, 7) is 9.30. The molecule has 0 aromatic rings. The van der Waals surface area contributed by atoms with Crippen LogP contribution in [0.25, 0.3) is 0 Å². The fourth-order valence-electron chi connectivity index (χ4n) is 2.25. The molecule has 1 aliphatic heterocycles. The van der Waals surface area contributed by atoms with Gasteiger partial charge in [0.2, 0.25) is 5.91 Å². The van der Waals surface area contributed by atoms with E-state index in [9.17, 15) is 4.79 Å². The lowest BCUT2D eigenvalue weighted by Gasteiger charge is -2.32. The number of hydrogen-bond acceptors (Lipinski definition) is 3. The fourth-order valence-corrected chi connectivity index (χ4v) is 2.25. The molecule has 0 aliphatic carbocycles. The van der Waals surface area contributed by atoms with Crippen molar-refractivity contribution in [3.05, 3.63) is 0 Å². The van der Waals surface area contributed by atoms with Crippen LogP contribution in [0.1, 0.15) is 46.5 Å². The van der Waals surface area contributed by atoms with Crippen LogP contribution >= 0.6 is 0 Å². The van der Waals surface area contributed by atoms with Crippen molar-refractivity contribution in [2.24, 2.45) is 0 Å². The predicted molar refractivity (Wildman–Crippen MR) is 73.6 cm³/mol. The molecular formula is C14H28N2O2. The molecule has 1 saturated heterocycles. The number of ether oxygens (including phenoxy) is 1. The van der Waals surface area contributed by atoms with Crippen LogP contribution in [0.3, 0.4) is 0 Å².